The van der Waals surface area contributed by atoms with Gasteiger partial charge >= 0.3 is 0 Å². The van der Waals surface area contributed by atoms with E-state index in [0.29, 0.717) is 17.4 Å². The predicted molar refractivity (Wildman–Crippen MR) is 78.9 cm³/mol. The average molecular weight is 306 g/mol. The molecule has 0 radical (unpaired) electrons. The summed E-state index contributed by atoms with van der Waals surface area (Å²) in [7, 11) is 1.87. The summed E-state index contributed by atoms with van der Waals surface area (Å²) >= 11 is 7.69. The Labute approximate surface area is 125 Å². The zero-order chi connectivity index (χ0) is 14.1. The minimum Gasteiger partial charge on any atom is -0.275 e. The fourth-order valence-corrected chi connectivity index (χ4v) is 2.83. The van der Waals surface area contributed by atoms with Crippen LogP contribution in [-0.2, 0) is 13.5 Å². The number of aromatic nitrogens is 5. The van der Waals surface area contributed by atoms with Gasteiger partial charge in [0.05, 0.1) is 18.3 Å². The summed E-state index contributed by atoms with van der Waals surface area (Å²) in [5.74, 6) is 0.672. The lowest BCUT2D eigenvalue weighted by Crippen LogP contribution is -1.98. The van der Waals surface area contributed by atoms with Gasteiger partial charge in [0.2, 0.25) is 0 Å². The molecule has 0 saturated carbocycles. The van der Waals surface area contributed by atoms with Crippen molar-refractivity contribution in [3.63, 3.8) is 0 Å². The van der Waals surface area contributed by atoms with Crippen molar-refractivity contribution in [1.29, 1.82) is 0 Å². The van der Waals surface area contributed by atoms with Gasteiger partial charge in [-0.05, 0) is 6.92 Å². The molecule has 0 aliphatic heterocycles. The minimum absolute atomic E-state index is 0.433. The molecule has 3 heterocycles. The molecule has 0 atom stereocenters. The zero-order valence-electron chi connectivity index (χ0n) is 11.0. The maximum atomic E-state index is 6.08. The highest BCUT2D eigenvalue weighted by Crippen LogP contribution is 2.21. The van der Waals surface area contributed by atoms with Crippen LogP contribution in [0.5, 0.6) is 0 Å². The Morgan fingerprint density at radius 2 is 2.15 bits per heavy atom. The third-order valence-electron chi connectivity index (χ3n) is 2.72. The number of hydrogen-bond donors (Lipinski definition) is 0. The van der Waals surface area contributed by atoms with Crippen molar-refractivity contribution in [3.8, 4) is 11.3 Å². The summed E-state index contributed by atoms with van der Waals surface area (Å²) < 4.78 is 1.73. The summed E-state index contributed by atoms with van der Waals surface area (Å²) in [6.45, 7) is 1.97. The number of nitrogens with zero attached hydrogens (tertiary/aromatic N) is 5. The molecule has 0 aliphatic carbocycles. The Bertz CT molecular complexity index is 749. The number of rotatable bonds is 3. The highest BCUT2D eigenvalue weighted by molar-refractivity contribution is 7.09. The van der Waals surface area contributed by atoms with E-state index in [0.717, 1.165) is 22.0 Å². The molecular formula is C13H12ClN5S. The van der Waals surface area contributed by atoms with Crippen LogP contribution in [0.3, 0.4) is 0 Å². The van der Waals surface area contributed by atoms with Crippen molar-refractivity contribution in [1.82, 2.24) is 24.7 Å². The van der Waals surface area contributed by atoms with E-state index < -0.39 is 0 Å². The Hall–Kier alpha value is -1.79. The predicted octanol–water partition coefficient (Wildman–Crippen LogP) is 2.89. The van der Waals surface area contributed by atoms with Gasteiger partial charge in [-0.3, -0.25) is 4.68 Å². The van der Waals surface area contributed by atoms with Crippen LogP contribution in [0, 0.1) is 6.92 Å². The van der Waals surface area contributed by atoms with Gasteiger partial charge in [0.25, 0.3) is 0 Å². The van der Waals surface area contributed by atoms with Crippen LogP contribution < -0.4 is 0 Å². The molecule has 7 heteroatoms. The van der Waals surface area contributed by atoms with E-state index in [1.807, 2.05) is 25.5 Å². The highest BCUT2D eigenvalue weighted by atomic mass is 35.5. The SMILES string of the molecule is Cc1csc(Cc2nc(Cl)cc(-c3cnn(C)c3)n2)n1. The second-order valence-corrected chi connectivity index (χ2v) is 5.78. The van der Waals surface area contributed by atoms with E-state index in [1.165, 1.54) is 0 Å². The van der Waals surface area contributed by atoms with Crippen molar-refractivity contribution in [3.05, 3.63) is 45.5 Å². The van der Waals surface area contributed by atoms with Gasteiger partial charge in [0, 0.05) is 35.9 Å². The molecule has 0 N–H and O–H groups in total. The third kappa shape index (κ3) is 2.86. The highest BCUT2D eigenvalue weighted by Gasteiger charge is 2.09. The first-order valence-electron chi connectivity index (χ1n) is 6.03. The largest absolute Gasteiger partial charge is 0.275 e. The van der Waals surface area contributed by atoms with Crippen LogP contribution in [0.4, 0.5) is 0 Å². The minimum atomic E-state index is 0.433. The summed E-state index contributed by atoms with van der Waals surface area (Å²) in [5, 5.41) is 7.58. The van der Waals surface area contributed by atoms with Gasteiger partial charge in [-0.1, -0.05) is 11.6 Å². The van der Waals surface area contributed by atoms with E-state index in [-0.39, 0.29) is 0 Å². The van der Waals surface area contributed by atoms with E-state index in [2.05, 4.69) is 20.1 Å². The molecule has 0 spiro atoms. The third-order valence-corrected chi connectivity index (χ3v) is 3.88. The number of hydrogen-bond acceptors (Lipinski definition) is 5. The van der Waals surface area contributed by atoms with Crippen molar-refractivity contribution in [2.24, 2.45) is 7.05 Å². The molecule has 3 aromatic heterocycles. The summed E-state index contributed by atoms with van der Waals surface area (Å²) in [5.41, 5.74) is 2.72. The fraction of sp³-hybridized carbons (Fsp3) is 0.231. The molecule has 0 fully saturated rings. The lowest BCUT2D eigenvalue weighted by atomic mass is 10.2. The van der Waals surface area contributed by atoms with Crippen LogP contribution >= 0.6 is 22.9 Å². The second kappa shape index (κ2) is 5.30. The first-order valence-corrected chi connectivity index (χ1v) is 7.29. The number of halogens is 1. The summed E-state index contributed by atoms with van der Waals surface area (Å²) in [6, 6.07) is 1.75. The van der Waals surface area contributed by atoms with Crippen LogP contribution in [0.2, 0.25) is 5.15 Å². The lowest BCUT2D eigenvalue weighted by Gasteiger charge is -2.02. The molecule has 0 aromatic carbocycles. The van der Waals surface area contributed by atoms with Gasteiger partial charge in [-0.25, -0.2) is 15.0 Å². The smallest absolute Gasteiger partial charge is 0.137 e. The molecule has 0 saturated heterocycles. The second-order valence-electron chi connectivity index (χ2n) is 4.45. The Balaban J connectivity index is 1.94. The molecule has 0 amide bonds. The Morgan fingerprint density at radius 1 is 1.30 bits per heavy atom. The molecule has 20 heavy (non-hydrogen) atoms. The van der Waals surface area contributed by atoms with E-state index in [1.54, 1.807) is 28.3 Å². The van der Waals surface area contributed by atoms with Crippen LogP contribution in [0.25, 0.3) is 11.3 Å². The van der Waals surface area contributed by atoms with E-state index in [4.69, 9.17) is 11.6 Å². The fourth-order valence-electron chi connectivity index (χ4n) is 1.86. The number of thiazole rings is 1. The van der Waals surface area contributed by atoms with Gasteiger partial charge in [0.1, 0.15) is 16.0 Å². The van der Waals surface area contributed by atoms with Crippen molar-refractivity contribution in [2.45, 2.75) is 13.3 Å². The summed E-state index contributed by atoms with van der Waals surface area (Å²) in [4.78, 5) is 13.2. The topological polar surface area (TPSA) is 56.5 Å². The molecule has 102 valence electrons. The molecule has 0 bridgehead atoms. The zero-order valence-corrected chi connectivity index (χ0v) is 12.6. The molecule has 3 aromatic rings. The van der Waals surface area contributed by atoms with Crippen molar-refractivity contribution >= 4 is 22.9 Å². The molecule has 3 rings (SSSR count). The first kappa shape index (κ1) is 13.2. The molecule has 0 unspecified atom stereocenters. The molecule has 0 aliphatic rings. The summed E-state index contributed by atoms with van der Waals surface area (Å²) in [6.07, 6.45) is 4.25. The van der Waals surface area contributed by atoms with Crippen molar-refractivity contribution in [2.75, 3.05) is 0 Å². The standard InChI is InChI=1S/C13H12ClN5S/c1-8-7-20-13(16-8)4-12-17-10(3-11(14)18-12)9-5-15-19(2)6-9/h3,5-7H,4H2,1-2H3. The normalized spacial score (nSPS) is 10.9. The van der Waals surface area contributed by atoms with Gasteiger partial charge < -0.3 is 0 Å². The van der Waals surface area contributed by atoms with Crippen LogP contribution in [0.1, 0.15) is 16.5 Å². The van der Waals surface area contributed by atoms with E-state index >= 15 is 0 Å². The van der Waals surface area contributed by atoms with Crippen LogP contribution in [-0.4, -0.2) is 24.7 Å². The van der Waals surface area contributed by atoms with Gasteiger partial charge in [-0.15, -0.1) is 11.3 Å². The van der Waals surface area contributed by atoms with Gasteiger partial charge in [0.15, 0.2) is 0 Å². The van der Waals surface area contributed by atoms with Crippen molar-refractivity contribution < 1.29 is 0 Å². The maximum Gasteiger partial charge on any atom is 0.137 e. The monoisotopic (exact) mass is 305 g/mol. The maximum absolute atomic E-state index is 6.08. The van der Waals surface area contributed by atoms with E-state index in [9.17, 15) is 0 Å². The Morgan fingerprint density at radius 3 is 2.80 bits per heavy atom. The lowest BCUT2D eigenvalue weighted by molar-refractivity contribution is 0.768. The quantitative estimate of drug-likeness (QED) is 0.698. The van der Waals surface area contributed by atoms with Gasteiger partial charge in [-0.2, -0.15) is 5.10 Å². The number of aryl methyl sites for hydroxylation is 2. The average Bonchev–Trinajstić information content (AvgIpc) is 2.98. The molecular weight excluding hydrogens is 294 g/mol. The molecule has 5 nitrogen and oxygen atoms in total. The Kier molecular flexibility index (Phi) is 3.50. The first-order chi connectivity index (χ1) is 9.60. The van der Waals surface area contributed by atoms with Crippen LogP contribution in [0.15, 0.2) is 23.8 Å².